The third kappa shape index (κ3) is 1.46. The van der Waals surface area contributed by atoms with Gasteiger partial charge in [0.15, 0.2) is 5.58 Å². The lowest BCUT2D eigenvalue weighted by atomic mass is 9.87. The Kier molecular flexibility index (Phi) is 1.98. The average Bonchev–Trinajstić information content (AvgIpc) is 2.67. The summed E-state index contributed by atoms with van der Waals surface area (Å²) in [4.78, 5) is 17.7. The smallest absolute Gasteiger partial charge is 0.298 e. The van der Waals surface area contributed by atoms with E-state index in [1.807, 2.05) is 4.90 Å². The van der Waals surface area contributed by atoms with Crippen LogP contribution in [0.1, 0.15) is 16.8 Å². The van der Waals surface area contributed by atoms with Crippen molar-refractivity contribution in [3.63, 3.8) is 0 Å². The third-order valence-electron chi connectivity index (χ3n) is 3.87. The van der Waals surface area contributed by atoms with Crippen LogP contribution in [0.2, 0.25) is 0 Å². The highest BCUT2D eigenvalue weighted by Crippen LogP contribution is 2.39. The Bertz CT molecular complexity index is 667. The molecular formula is C13H13N3O3. The van der Waals surface area contributed by atoms with E-state index >= 15 is 0 Å². The van der Waals surface area contributed by atoms with Gasteiger partial charge in [0.05, 0.1) is 25.3 Å². The molecule has 1 spiro atoms. The van der Waals surface area contributed by atoms with E-state index in [-0.39, 0.29) is 5.60 Å². The van der Waals surface area contributed by atoms with Crippen LogP contribution in [-0.4, -0.2) is 36.2 Å². The van der Waals surface area contributed by atoms with Crippen molar-refractivity contribution in [1.82, 2.24) is 4.98 Å². The first-order valence-electron chi connectivity index (χ1n) is 6.25. The molecule has 1 aromatic carbocycles. The van der Waals surface area contributed by atoms with Crippen molar-refractivity contribution in [3.8, 4) is 0 Å². The van der Waals surface area contributed by atoms with E-state index in [0.29, 0.717) is 22.7 Å². The van der Waals surface area contributed by atoms with Gasteiger partial charge in [-0.2, -0.15) is 4.98 Å². The number of fused-ring (bicyclic) bond motifs is 1. The average molecular weight is 259 g/mol. The van der Waals surface area contributed by atoms with E-state index in [9.17, 15) is 4.79 Å². The molecule has 2 fully saturated rings. The quantitative estimate of drug-likeness (QED) is 0.866. The molecule has 2 aromatic rings. The summed E-state index contributed by atoms with van der Waals surface area (Å²) in [7, 11) is 0. The highest BCUT2D eigenvalue weighted by atomic mass is 16.5. The lowest BCUT2D eigenvalue weighted by molar-refractivity contribution is -0.162. The van der Waals surface area contributed by atoms with Gasteiger partial charge in [-0.15, -0.1) is 0 Å². The van der Waals surface area contributed by atoms with Crippen molar-refractivity contribution in [3.05, 3.63) is 23.8 Å². The first-order valence-corrected chi connectivity index (χ1v) is 6.25. The van der Waals surface area contributed by atoms with Gasteiger partial charge >= 0.3 is 0 Å². The fraction of sp³-hybridized carbons (Fsp3) is 0.385. The minimum absolute atomic E-state index is 0.0210. The number of hydrogen-bond acceptors (Lipinski definition) is 5. The van der Waals surface area contributed by atoms with Gasteiger partial charge in [-0.05, 0) is 12.1 Å². The van der Waals surface area contributed by atoms with Crippen molar-refractivity contribution in [2.45, 2.75) is 12.0 Å². The Morgan fingerprint density at radius 2 is 2.21 bits per heavy atom. The predicted molar refractivity (Wildman–Crippen MR) is 68.0 cm³/mol. The minimum Gasteiger partial charge on any atom is -0.423 e. The number of carbonyl (C=O) groups is 1. The summed E-state index contributed by atoms with van der Waals surface area (Å²) in [6, 6.07) is 5.71. The maximum Gasteiger partial charge on any atom is 0.298 e. The number of nitrogens with zero attached hydrogens (tertiary/aromatic N) is 2. The molecule has 0 saturated carbocycles. The van der Waals surface area contributed by atoms with Gasteiger partial charge in [-0.25, -0.2) is 0 Å². The summed E-state index contributed by atoms with van der Waals surface area (Å²) in [5.41, 5.74) is 6.86. The van der Waals surface area contributed by atoms with Crippen molar-refractivity contribution in [2.24, 2.45) is 5.73 Å². The zero-order valence-corrected chi connectivity index (χ0v) is 10.3. The lowest BCUT2D eigenvalue weighted by Crippen LogP contribution is -2.68. The highest BCUT2D eigenvalue weighted by Gasteiger charge is 2.50. The maximum absolute atomic E-state index is 11.3. The molecule has 0 radical (unpaired) electrons. The summed E-state index contributed by atoms with van der Waals surface area (Å²) in [6.45, 7) is 2.44. The number of carbonyl (C=O) groups excluding carboxylic acids is 1. The number of nitrogens with two attached hydrogens (primary N) is 1. The van der Waals surface area contributed by atoms with Crippen LogP contribution in [0.25, 0.3) is 11.1 Å². The number of primary amides is 1. The highest BCUT2D eigenvalue weighted by molar-refractivity contribution is 6.03. The molecule has 0 atom stereocenters. The van der Waals surface area contributed by atoms with Crippen LogP contribution in [0.5, 0.6) is 0 Å². The molecule has 1 amide bonds. The van der Waals surface area contributed by atoms with E-state index in [2.05, 4.69) is 4.98 Å². The first-order chi connectivity index (χ1) is 9.17. The second-order valence-corrected chi connectivity index (χ2v) is 5.15. The first kappa shape index (κ1) is 10.8. The Morgan fingerprint density at radius 1 is 1.42 bits per heavy atom. The summed E-state index contributed by atoms with van der Waals surface area (Å²) in [5.74, 6) is -0.493. The molecule has 6 heteroatoms. The normalized spacial score (nSPS) is 20.3. The standard InChI is InChI=1S/C13H13N3O3/c14-11(17)8-2-1-3-9-10(8)15-12(19-9)16-6-13(7-16)4-5-18-13/h1-3H,4-7H2,(H2,14,17). The molecule has 2 saturated heterocycles. The molecule has 6 nitrogen and oxygen atoms in total. The number of para-hydroxylation sites is 1. The SMILES string of the molecule is NC(=O)c1cccc2oc(N3CC4(CCO4)C3)nc12. The van der Waals surface area contributed by atoms with E-state index in [1.165, 1.54) is 0 Å². The van der Waals surface area contributed by atoms with Gasteiger partial charge in [0.25, 0.3) is 11.9 Å². The Hall–Kier alpha value is -2.08. The van der Waals surface area contributed by atoms with Crippen molar-refractivity contribution >= 4 is 23.0 Å². The van der Waals surface area contributed by atoms with Gasteiger partial charge in [-0.1, -0.05) is 6.07 Å². The van der Waals surface area contributed by atoms with Crippen LogP contribution in [0.3, 0.4) is 0 Å². The van der Waals surface area contributed by atoms with Crippen LogP contribution in [0.4, 0.5) is 6.01 Å². The molecule has 3 heterocycles. The fourth-order valence-electron chi connectivity index (χ4n) is 2.70. The second-order valence-electron chi connectivity index (χ2n) is 5.15. The molecule has 0 aliphatic carbocycles. The molecule has 0 bridgehead atoms. The van der Waals surface area contributed by atoms with E-state index in [1.54, 1.807) is 18.2 Å². The molecule has 2 N–H and O–H groups in total. The number of amides is 1. The summed E-state index contributed by atoms with van der Waals surface area (Å²) < 4.78 is 11.2. The number of oxazole rings is 1. The molecule has 2 aliphatic rings. The Balaban J connectivity index is 1.69. The number of ether oxygens (including phenoxy) is 1. The van der Waals surface area contributed by atoms with Crippen LogP contribution < -0.4 is 10.6 Å². The lowest BCUT2D eigenvalue weighted by Gasteiger charge is -2.54. The fourth-order valence-corrected chi connectivity index (χ4v) is 2.70. The number of benzene rings is 1. The van der Waals surface area contributed by atoms with Crippen LogP contribution >= 0.6 is 0 Å². The third-order valence-corrected chi connectivity index (χ3v) is 3.87. The van der Waals surface area contributed by atoms with Gasteiger partial charge < -0.3 is 19.8 Å². The van der Waals surface area contributed by atoms with E-state index < -0.39 is 5.91 Å². The zero-order valence-electron chi connectivity index (χ0n) is 10.3. The van der Waals surface area contributed by atoms with Gasteiger partial charge in [-0.3, -0.25) is 4.79 Å². The minimum atomic E-state index is -0.493. The number of hydrogen-bond donors (Lipinski definition) is 1. The van der Waals surface area contributed by atoms with Crippen molar-refractivity contribution in [1.29, 1.82) is 0 Å². The van der Waals surface area contributed by atoms with Gasteiger partial charge in [0.2, 0.25) is 0 Å². The Labute approximate surface area is 109 Å². The molecule has 19 heavy (non-hydrogen) atoms. The summed E-state index contributed by atoms with van der Waals surface area (Å²) >= 11 is 0. The number of anilines is 1. The Morgan fingerprint density at radius 3 is 2.84 bits per heavy atom. The van der Waals surface area contributed by atoms with Crippen LogP contribution in [0, 0.1) is 0 Å². The molecule has 98 valence electrons. The summed E-state index contributed by atoms with van der Waals surface area (Å²) in [6.07, 6.45) is 1.09. The van der Waals surface area contributed by atoms with Crippen molar-refractivity contribution in [2.75, 3.05) is 24.6 Å². The molecule has 2 aliphatic heterocycles. The van der Waals surface area contributed by atoms with E-state index in [0.717, 1.165) is 26.1 Å². The predicted octanol–water partition coefficient (Wildman–Crippen LogP) is 0.906. The van der Waals surface area contributed by atoms with Crippen molar-refractivity contribution < 1.29 is 13.9 Å². The van der Waals surface area contributed by atoms with Crippen LogP contribution in [0.15, 0.2) is 22.6 Å². The molecule has 4 rings (SSSR count). The summed E-state index contributed by atoms with van der Waals surface area (Å²) in [5, 5.41) is 0. The van der Waals surface area contributed by atoms with Gasteiger partial charge in [0.1, 0.15) is 11.1 Å². The monoisotopic (exact) mass is 259 g/mol. The second kappa shape index (κ2) is 3.48. The number of rotatable bonds is 2. The molecular weight excluding hydrogens is 246 g/mol. The number of aromatic nitrogens is 1. The molecule has 0 unspecified atom stereocenters. The maximum atomic E-state index is 11.3. The zero-order chi connectivity index (χ0) is 13.0. The largest absolute Gasteiger partial charge is 0.423 e. The van der Waals surface area contributed by atoms with Crippen LogP contribution in [-0.2, 0) is 4.74 Å². The van der Waals surface area contributed by atoms with E-state index in [4.69, 9.17) is 14.9 Å². The van der Waals surface area contributed by atoms with Gasteiger partial charge in [0, 0.05) is 6.42 Å². The topological polar surface area (TPSA) is 81.6 Å². The molecule has 1 aromatic heterocycles.